The van der Waals surface area contributed by atoms with E-state index in [4.69, 9.17) is 4.74 Å². The Hall–Kier alpha value is -1.84. The van der Waals surface area contributed by atoms with Crippen molar-refractivity contribution in [1.29, 1.82) is 0 Å². The molecule has 1 heterocycles. The zero-order chi connectivity index (χ0) is 15.7. The molecular formula is C18H23NO3. The van der Waals surface area contributed by atoms with E-state index >= 15 is 0 Å². The molecule has 1 aliphatic carbocycles. The van der Waals surface area contributed by atoms with Crippen LogP contribution in [-0.4, -0.2) is 36.3 Å². The molecule has 3 rings (SSSR count). The maximum atomic E-state index is 12.8. The molecule has 1 amide bonds. The van der Waals surface area contributed by atoms with E-state index in [1.54, 1.807) is 13.2 Å². The van der Waals surface area contributed by atoms with E-state index in [0.29, 0.717) is 5.56 Å². The van der Waals surface area contributed by atoms with Gasteiger partial charge in [-0.2, -0.15) is 0 Å². The van der Waals surface area contributed by atoms with Gasteiger partial charge in [-0.15, -0.1) is 0 Å². The van der Waals surface area contributed by atoms with Crippen molar-refractivity contribution in [2.24, 2.45) is 5.92 Å². The molecule has 1 aromatic rings. The highest BCUT2D eigenvalue weighted by atomic mass is 16.5. The summed E-state index contributed by atoms with van der Waals surface area (Å²) in [7, 11) is 1.62. The number of methoxy groups -OCH3 is 1. The minimum atomic E-state index is -0.277. The molecule has 2 fully saturated rings. The Kier molecular flexibility index (Phi) is 4.19. The number of carbonyl (C=O) groups is 2. The van der Waals surface area contributed by atoms with Crippen LogP contribution in [0.1, 0.15) is 48.0 Å². The second-order valence-electron chi connectivity index (χ2n) is 6.37. The molecule has 118 valence electrons. The van der Waals surface area contributed by atoms with Gasteiger partial charge in [0.2, 0.25) is 5.91 Å². The molecule has 0 spiro atoms. The number of likely N-dealkylation sites (tertiary alicyclic amines) is 1. The van der Waals surface area contributed by atoms with Gasteiger partial charge in [0, 0.05) is 18.0 Å². The monoisotopic (exact) mass is 301 g/mol. The Bertz CT molecular complexity index is 592. The van der Waals surface area contributed by atoms with Crippen molar-refractivity contribution in [3.05, 3.63) is 29.3 Å². The van der Waals surface area contributed by atoms with Crippen LogP contribution in [0.25, 0.3) is 0 Å². The zero-order valence-electron chi connectivity index (χ0n) is 13.3. The Morgan fingerprint density at radius 2 is 1.95 bits per heavy atom. The lowest BCUT2D eigenvalue weighted by molar-refractivity contribution is -0.138. The highest BCUT2D eigenvalue weighted by Crippen LogP contribution is 2.32. The van der Waals surface area contributed by atoms with E-state index in [1.165, 1.54) is 0 Å². The largest absolute Gasteiger partial charge is 0.496 e. The van der Waals surface area contributed by atoms with Crippen LogP contribution in [0.15, 0.2) is 18.2 Å². The number of carbonyl (C=O) groups excluding carboxylic acids is 2. The van der Waals surface area contributed by atoms with Gasteiger partial charge < -0.3 is 9.64 Å². The van der Waals surface area contributed by atoms with Crippen molar-refractivity contribution < 1.29 is 14.3 Å². The van der Waals surface area contributed by atoms with Gasteiger partial charge in [-0.25, -0.2) is 0 Å². The average Bonchev–Trinajstić information content (AvgIpc) is 2.93. The average molecular weight is 301 g/mol. The fourth-order valence-corrected chi connectivity index (χ4v) is 3.42. The third-order valence-corrected chi connectivity index (χ3v) is 4.97. The molecular weight excluding hydrogens is 278 g/mol. The van der Waals surface area contributed by atoms with Gasteiger partial charge in [0.1, 0.15) is 5.75 Å². The molecule has 4 nitrogen and oxygen atoms in total. The number of aryl methyl sites for hydroxylation is 1. The lowest BCUT2D eigenvalue weighted by atomic mass is 9.84. The Balaban J connectivity index is 1.78. The topological polar surface area (TPSA) is 46.6 Å². The standard InChI is InChI=1S/C18H23NO3/c1-12-11-14(8-9-16(12)22-2)17(20)15-7-4-10-19(15)18(21)13-5-3-6-13/h8-9,11,13,15H,3-7,10H2,1-2H3. The first-order chi connectivity index (χ1) is 10.6. The summed E-state index contributed by atoms with van der Waals surface area (Å²) in [5, 5.41) is 0. The van der Waals surface area contributed by atoms with Crippen LogP contribution < -0.4 is 4.74 Å². The number of rotatable bonds is 4. The highest BCUT2D eigenvalue weighted by Gasteiger charge is 2.38. The van der Waals surface area contributed by atoms with Crippen LogP contribution in [0.4, 0.5) is 0 Å². The molecule has 1 aromatic carbocycles. The third kappa shape index (κ3) is 2.62. The molecule has 2 aliphatic rings. The normalized spacial score (nSPS) is 21.5. The Labute approximate surface area is 131 Å². The summed E-state index contributed by atoms with van der Waals surface area (Å²) in [6, 6.07) is 5.22. The molecule has 1 saturated carbocycles. The van der Waals surface area contributed by atoms with Crippen molar-refractivity contribution >= 4 is 11.7 Å². The molecule has 0 N–H and O–H groups in total. The van der Waals surface area contributed by atoms with E-state index < -0.39 is 0 Å². The number of hydrogen-bond donors (Lipinski definition) is 0. The van der Waals surface area contributed by atoms with Crippen LogP contribution in [0, 0.1) is 12.8 Å². The van der Waals surface area contributed by atoms with Crippen molar-refractivity contribution in [1.82, 2.24) is 4.90 Å². The predicted molar refractivity (Wildman–Crippen MR) is 84.1 cm³/mol. The summed E-state index contributed by atoms with van der Waals surface area (Å²) in [6.45, 7) is 2.66. The Morgan fingerprint density at radius 1 is 1.18 bits per heavy atom. The smallest absolute Gasteiger partial charge is 0.226 e. The molecule has 0 aromatic heterocycles. The van der Waals surface area contributed by atoms with Crippen molar-refractivity contribution in [2.75, 3.05) is 13.7 Å². The van der Waals surface area contributed by atoms with E-state index in [1.807, 2.05) is 24.0 Å². The number of nitrogens with zero attached hydrogens (tertiary/aromatic N) is 1. The number of hydrogen-bond acceptors (Lipinski definition) is 3. The molecule has 0 bridgehead atoms. The number of amides is 1. The lowest BCUT2D eigenvalue weighted by Gasteiger charge is -2.32. The van der Waals surface area contributed by atoms with Gasteiger partial charge in [-0.1, -0.05) is 6.42 Å². The second kappa shape index (κ2) is 6.11. The Morgan fingerprint density at radius 3 is 2.55 bits per heavy atom. The number of ether oxygens (including phenoxy) is 1. The first kappa shape index (κ1) is 15.1. The van der Waals surface area contributed by atoms with Crippen LogP contribution in [-0.2, 0) is 4.79 Å². The van der Waals surface area contributed by atoms with Gasteiger partial charge in [-0.05, 0) is 56.4 Å². The minimum Gasteiger partial charge on any atom is -0.496 e. The number of benzene rings is 1. The second-order valence-corrected chi connectivity index (χ2v) is 6.37. The number of ketones is 1. The fraction of sp³-hybridized carbons (Fsp3) is 0.556. The van der Waals surface area contributed by atoms with E-state index in [2.05, 4.69) is 0 Å². The van der Waals surface area contributed by atoms with Gasteiger partial charge in [0.05, 0.1) is 13.2 Å². The fourth-order valence-electron chi connectivity index (χ4n) is 3.42. The molecule has 1 saturated heterocycles. The third-order valence-electron chi connectivity index (χ3n) is 4.97. The van der Waals surface area contributed by atoms with Crippen molar-refractivity contribution in [2.45, 2.75) is 45.1 Å². The lowest BCUT2D eigenvalue weighted by Crippen LogP contribution is -2.45. The van der Waals surface area contributed by atoms with Crippen molar-refractivity contribution in [3.63, 3.8) is 0 Å². The van der Waals surface area contributed by atoms with Crippen LogP contribution in [0.5, 0.6) is 5.75 Å². The number of Topliss-reactive ketones (excluding diaryl/α,β-unsaturated/α-hetero) is 1. The zero-order valence-corrected chi connectivity index (χ0v) is 13.3. The first-order valence-corrected chi connectivity index (χ1v) is 8.11. The van der Waals surface area contributed by atoms with E-state index in [-0.39, 0.29) is 23.7 Å². The van der Waals surface area contributed by atoms with Gasteiger partial charge in [0.25, 0.3) is 0 Å². The summed E-state index contributed by atoms with van der Waals surface area (Å²) in [4.78, 5) is 27.1. The summed E-state index contributed by atoms with van der Waals surface area (Å²) in [5.41, 5.74) is 1.62. The van der Waals surface area contributed by atoms with E-state index in [9.17, 15) is 9.59 Å². The molecule has 1 aliphatic heterocycles. The quantitative estimate of drug-likeness (QED) is 0.803. The van der Waals surface area contributed by atoms with Crippen molar-refractivity contribution in [3.8, 4) is 5.75 Å². The van der Waals surface area contributed by atoms with E-state index in [0.717, 1.165) is 50.0 Å². The van der Waals surface area contributed by atoms with Gasteiger partial charge in [0.15, 0.2) is 5.78 Å². The summed E-state index contributed by atoms with van der Waals surface area (Å²) >= 11 is 0. The summed E-state index contributed by atoms with van der Waals surface area (Å²) in [5.74, 6) is 1.19. The SMILES string of the molecule is COc1ccc(C(=O)C2CCCN2C(=O)C2CCC2)cc1C. The molecule has 22 heavy (non-hydrogen) atoms. The van der Waals surface area contributed by atoms with Gasteiger partial charge in [-0.3, -0.25) is 9.59 Å². The molecule has 0 radical (unpaired) electrons. The maximum absolute atomic E-state index is 12.8. The van der Waals surface area contributed by atoms with Gasteiger partial charge >= 0.3 is 0 Å². The summed E-state index contributed by atoms with van der Waals surface area (Å²) < 4.78 is 5.24. The molecule has 4 heteroatoms. The van der Waals surface area contributed by atoms with Crippen LogP contribution >= 0.6 is 0 Å². The minimum absolute atomic E-state index is 0.0657. The predicted octanol–water partition coefficient (Wildman–Crippen LogP) is 2.98. The molecule has 1 atom stereocenters. The highest BCUT2D eigenvalue weighted by molar-refractivity contribution is 6.02. The maximum Gasteiger partial charge on any atom is 0.226 e. The molecule has 1 unspecified atom stereocenters. The first-order valence-electron chi connectivity index (χ1n) is 8.11. The van der Waals surface area contributed by atoms with Crippen LogP contribution in [0.3, 0.4) is 0 Å². The summed E-state index contributed by atoms with van der Waals surface area (Å²) in [6.07, 6.45) is 4.81. The van der Waals surface area contributed by atoms with Crippen LogP contribution in [0.2, 0.25) is 0 Å².